The molecule has 0 atom stereocenters. The van der Waals surface area contributed by atoms with Gasteiger partial charge in [-0.25, -0.2) is 0 Å². The molecule has 0 radical (unpaired) electrons. The van der Waals surface area contributed by atoms with Crippen molar-refractivity contribution in [2.24, 2.45) is 0 Å². The summed E-state index contributed by atoms with van der Waals surface area (Å²) in [7, 11) is 0. The first kappa shape index (κ1) is 26.7. The summed E-state index contributed by atoms with van der Waals surface area (Å²) in [5.74, 6) is 0. The SMILES string of the molecule is C=C[CH2][Re+6].[O-2].[O-2].[O-2]. The van der Waals surface area contributed by atoms with E-state index in [-0.39, 0.29) is 16.4 Å². The van der Waals surface area contributed by atoms with Gasteiger partial charge in [0.15, 0.2) is 0 Å². The summed E-state index contributed by atoms with van der Waals surface area (Å²) >= 11 is 1.75. The van der Waals surface area contributed by atoms with Gasteiger partial charge >= 0.3 is 36.8 Å². The molecule has 42 valence electrons. The summed E-state index contributed by atoms with van der Waals surface area (Å²) in [5.41, 5.74) is 0. The third-order valence-corrected chi connectivity index (χ3v) is 0.893. The molecule has 0 aliphatic rings. The van der Waals surface area contributed by atoms with Crippen molar-refractivity contribution in [3.63, 3.8) is 0 Å². The molecule has 0 saturated heterocycles. The molecule has 4 heteroatoms. The fourth-order valence-electron chi connectivity index (χ4n) is 0. The van der Waals surface area contributed by atoms with E-state index in [1.54, 1.807) is 19.2 Å². The van der Waals surface area contributed by atoms with E-state index in [1.807, 2.05) is 6.08 Å². The predicted molar refractivity (Wildman–Crippen MR) is 17.1 cm³/mol. The Morgan fingerprint density at radius 3 is 1.43 bits per heavy atom. The average molecular weight is 275 g/mol. The van der Waals surface area contributed by atoms with Gasteiger partial charge in [-0.15, -0.1) is 0 Å². The fourth-order valence-corrected chi connectivity index (χ4v) is 0. The van der Waals surface area contributed by atoms with Crippen molar-refractivity contribution in [3.05, 3.63) is 12.7 Å². The Morgan fingerprint density at radius 2 is 1.43 bits per heavy atom. The molecule has 7 heavy (non-hydrogen) atoms. The van der Waals surface area contributed by atoms with Gasteiger partial charge in [0.2, 0.25) is 0 Å². The van der Waals surface area contributed by atoms with Crippen LogP contribution in [0.5, 0.6) is 0 Å². The molecule has 0 aromatic carbocycles. The number of hydrogen-bond acceptors (Lipinski definition) is 0. The van der Waals surface area contributed by atoms with Crippen LogP contribution in [0.25, 0.3) is 0 Å². The van der Waals surface area contributed by atoms with Gasteiger partial charge < -0.3 is 16.4 Å². The number of rotatable bonds is 1. The van der Waals surface area contributed by atoms with E-state index in [0.29, 0.717) is 0 Å². The van der Waals surface area contributed by atoms with Crippen molar-refractivity contribution >= 4 is 0 Å². The third kappa shape index (κ3) is 70.1. The minimum atomic E-state index is 0. The summed E-state index contributed by atoms with van der Waals surface area (Å²) in [4.78, 5) is 1.14. The van der Waals surface area contributed by atoms with Gasteiger partial charge in [-0.05, 0) is 0 Å². The molecule has 0 bridgehead atoms. The van der Waals surface area contributed by atoms with Crippen LogP contribution in [0.2, 0.25) is 4.89 Å². The number of hydrogen-bond donors (Lipinski definition) is 0. The van der Waals surface area contributed by atoms with Gasteiger partial charge in [0.05, 0.1) is 0 Å². The van der Waals surface area contributed by atoms with Crippen LogP contribution in [0, 0.1) is 0 Å². The van der Waals surface area contributed by atoms with E-state index in [1.165, 1.54) is 0 Å². The van der Waals surface area contributed by atoms with Gasteiger partial charge in [0, 0.05) is 0 Å². The molecule has 0 aliphatic carbocycles. The van der Waals surface area contributed by atoms with Crippen molar-refractivity contribution in [1.82, 2.24) is 0 Å². The monoisotopic (exact) mass is 276 g/mol. The molecule has 0 aromatic rings. The Bertz CT molecular complexity index is 24.1. The van der Waals surface area contributed by atoms with Gasteiger partial charge in [-0.3, -0.25) is 0 Å². The predicted octanol–water partition coefficient (Wildman–Crippen LogP) is 0.781. The molecule has 0 rings (SSSR count). The largest absolute Gasteiger partial charge is 2.00 e. The molecule has 0 spiro atoms. The molecule has 0 amide bonds. The topological polar surface area (TPSA) is 85.5 Å². The minimum Gasteiger partial charge on any atom is -2.00 e. The normalized spacial score (nSPS) is 3.71. The third-order valence-electron chi connectivity index (χ3n) is 0.109. The van der Waals surface area contributed by atoms with Crippen LogP contribution < -0.4 is 0 Å². The Morgan fingerprint density at radius 1 is 1.29 bits per heavy atom. The van der Waals surface area contributed by atoms with Gasteiger partial charge in [0.25, 0.3) is 0 Å². The zero-order chi connectivity index (χ0) is 3.41. The van der Waals surface area contributed by atoms with Crippen LogP contribution in [0.15, 0.2) is 12.7 Å². The summed E-state index contributed by atoms with van der Waals surface area (Å²) < 4.78 is 0. The van der Waals surface area contributed by atoms with E-state index in [4.69, 9.17) is 0 Å². The maximum absolute atomic E-state index is 3.49. The zero-order valence-corrected chi connectivity index (χ0v) is 6.31. The maximum atomic E-state index is 3.49. The van der Waals surface area contributed by atoms with Crippen molar-refractivity contribution in [2.45, 2.75) is 4.89 Å². The minimum absolute atomic E-state index is 0. The Balaban J connectivity index is -0.0000000150. The van der Waals surface area contributed by atoms with E-state index in [9.17, 15) is 0 Å². The van der Waals surface area contributed by atoms with Crippen molar-refractivity contribution < 1.29 is 35.6 Å². The molecule has 0 fully saturated rings. The zero-order valence-electron chi connectivity index (χ0n) is 3.59. The molecule has 0 unspecified atom stereocenters. The van der Waals surface area contributed by atoms with E-state index in [0.717, 1.165) is 4.89 Å². The Labute approximate surface area is 53.7 Å². The van der Waals surface area contributed by atoms with Gasteiger partial charge in [0.1, 0.15) is 0 Å². The first-order chi connectivity index (χ1) is 1.91. The molecule has 0 N–H and O–H groups in total. The fraction of sp³-hybridized carbons (Fsp3) is 0.333. The molecule has 0 aromatic heterocycles. The van der Waals surface area contributed by atoms with Crippen LogP contribution >= 0.6 is 0 Å². The van der Waals surface area contributed by atoms with Crippen LogP contribution in [-0.2, 0) is 35.6 Å². The molecule has 0 heterocycles. The smallest absolute Gasteiger partial charge is 2.00 e. The molecule has 0 saturated carbocycles. The van der Waals surface area contributed by atoms with Crippen LogP contribution in [0.3, 0.4) is 0 Å². The quantitative estimate of drug-likeness (QED) is 0.633. The maximum Gasteiger partial charge on any atom is -2.00 e. The first-order valence-electron chi connectivity index (χ1n) is 1.08. The molecular weight excluding hydrogens is 270 g/mol. The molecular formula is C3H5O3Re. The van der Waals surface area contributed by atoms with Crippen molar-refractivity contribution in [1.29, 1.82) is 0 Å². The van der Waals surface area contributed by atoms with E-state index in [2.05, 4.69) is 6.58 Å². The Kier molecular flexibility index (Phi) is 128. The van der Waals surface area contributed by atoms with Crippen molar-refractivity contribution in [2.75, 3.05) is 0 Å². The summed E-state index contributed by atoms with van der Waals surface area (Å²) in [6.45, 7) is 3.49. The molecule has 0 aliphatic heterocycles. The second kappa shape index (κ2) is 33.7. The van der Waals surface area contributed by atoms with Gasteiger partial charge in [-0.1, -0.05) is 0 Å². The summed E-state index contributed by atoms with van der Waals surface area (Å²) in [5, 5.41) is 0. The average Bonchev–Trinajstić information content (AvgIpc) is 1.37. The van der Waals surface area contributed by atoms with Crippen LogP contribution in [-0.4, -0.2) is 0 Å². The van der Waals surface area contributed by atoms with Gasteiger partial charge in [-0.2, -0.15) is 0 Å². The molecule has 3 nitrogen and oxygen atoms in total. The van der Waals surface area contributed by atoms with E-state index >= 15 is 0 Å². The first-order valence-corrected chi connectivity index (χ1v) is 3.00. The van der Waals surface area contributed by atoms with Crippen molar-refractivity contribution in [3.8, 4) is 0 Å². The van der Waals surface area contributed by atoms with Crippen LogP contribution in [0.1, 0.15) is 0 Å². The second-order valence-corrected chi connectivity index (χ2v) is 1.55. The second-order valence-electron chi connectivity index (χ2n) is 0.443. The Hall–Kier alpha value is 0.282. The number of allylic oxidation sites excluding steroid dienone is 1. The standard InChI is InChI=1S/C3H5.3O.Re/c1-3-2;;;;/h3H,1-2H2;;;;/q;3*-2;+6. The summed E-state index contributed by atoms with van der Waals surface area (Å²) in [6.07, 6.45) is 1.90. The van der Waals surface area contributed by atoms with E-state index < -0.39 is 0 Å². The van der Waals surface area contributed by atoms with Crippen LogP contribution in [0.4, 0.5) is 0 Å². The summed E-state index contributed by atoms with van der Waals surface area (Å²) in [6, 6.07) is 0.